The van der Waals surface area contributed by atoms with Crippen molar-refractivity contribution < 1.29 is 4.74 Å². The second-order valence-corrected chi connectivity index (χ2v) is 4.69. The first kappa shape index (κ1) is 12.0. The van der Waals surface area contributed by atoms with Gasteiger partial charge in [-0.1, -0.05) is 24.8 Å². The minimum Gasteiger partial charge on any atom is -0.497 e. The molecule has 0 unspecified atom stereocenters. The minimum atomic E-state index is 0.864. The number of ether oxygens (including phenoxy) is 1. The molecule has 0 aliphatic heterocycles. The summed E-state index contributed by atoms with van der Waals surface area (Å²) in [6, 6.07) is 8.00. The van der Waals surface area contributed by atoms with E-state index in [0.29, 0.717) is 0 Å². The van der Waals surface area contributed by atoms with Crippen molar-refractivity contribution in [2.45, 2.75) is 18.5 Å². The van der Waals surface area contributed by atoms with Gasteiger partial charge in [0.15, 0.2) is 5.16 Å². The molecule has 0 spiro atoms. The average molecular weight is 248 g/mol. The van der Waals surface area contributed by atoms with Gasteiger partial charge in [-0.3, -0.25) is 4.57 Å². The lowest BCUT2D eigenvalue weighted by Gasteiger charge is -2.08. The van der Waals surface area contributed by atoms with Crippen LogP contribution >= 0.6 is 11.8 Å². The Morgan fingerprint density at radius 1 is 1.41 bits per heavy atom. The Hall–Kier alpha value is -1.42. The maximum absolute atomic E-state index is 5.23. The van der Waals surface area contributed by atoms with E-state index >= 15 is 0 Å². The Bertz CT molecular complexity index is 482. The molecule has 0 saturated carbocycles. The molecule has 2 aromatic rings. The normalized spacial score (nSPS) is 10.5. The zero-order valence-electron chi connectivity index (χ0n) is 10.1. The fourth-order valence-electron chi connectivity index (χ4n) is 1.55. The van der Waals surface area contributed by atoms with Gasteiger partial charge in [-0.2, -0.15) is 0 Å². The number of imidazole rings is 1. The van der Waals surface area contributed by atoms with E-state index in [0.717, 1.165) is 28.8 Å². The Balaban J connectivity index is 2.28. The molecule has 0 bridgehead atoms. The zero-order valence-corrected chi connectivity index (χ0v) is 10.9. The van der Waals surface area contributed by atoms with E-state index in [-0.39, 0.29) is 0 Å². The molecule has 0 amide bonds. The first-order chi connectivity index (χ1) is 8.35. The van der Waals surface area contributed by atoms with Crippen LogP contribution in [0.1, 0.15) is 13.3 Å². The van der Waals surface area contributed by atoms with E-state index < -0.39 is 0 Å². The molecule has 1 heterocycles. The molecular formula is C13H16N2OS. The van der Waals surface area contributed by atoms with Gasteiger partial charge in [0, 0.05) is 24.2 Å². The molecule has 3 nitrogen and oxygen atoms in total. The Labute approximate surface area is 106 Å². The molecule has 0 atom stereocenters. The van der Waals surface area contributed by atoms with Crippen LogP contribution < -0.4 is 4.74 Å². The average Bonchev–Trinajstić information content (AvgIpc) is 2.84. The highest BCUT2D eigenvalue weighted by atomic mass is 32.2. The summed E-state index contributed by atoms with van der Waals surface area (Å²) in [5, 5.41) is 1.03. The van der Waals surface area contributed by atoms with Crippen LogP contribution in [0, 0.1) is 0 Å². The number of hydrogen-bond donors (Lipinski definition) is 0. The SMILES string of the molecule is CCCSc1nccn1-c1cccc(OC)c1. The molecule has 2 rings (SSSR count). The fraction of sp³-hybridized carbons (Fsp3) is 0.308. The largest absolute Gasteiger partial charge is 0.497 e. The monoisotopic (exact) mass is 248 g/mol. The molecular weight excluding hydrogens is 232 g/mol. The summed E-state index contributed by atoms with van der Waals surface area (Å²) in [5.74, 6) is 1.95. The lowest BCUT2D eigenvalue weighted by Crippen LogP contribution is -1.96. The third kappa shape index (κ3) is 2.82. The predicted octanol–water partition coefficient (Wildman–Crippen LogP) is 3.38. The summed E-state index contributed by atoms with van der Waals surface area (Å²) in [6.45, 7) is 2.17. The molecule has 0 radical (unpaired) electrons. The summed E-state index contributed by atoms with van der Waals surface area (Å²) < 4.78 is 7.32. The van der Waals surface area contributed by atoms with Gasteiger partial charge in [0.2, 0.25) is 0 Å². The summed E-state index contributed by atoms with van der Waals surface area (Å²) in [4.78, 5) is 4.37. The van der Waals surface area contributed by atoms with Crippen LogP contribution in [0.3, 0.4) is 0 Å². The van der Waals surface area contributed by atoms with Crippen LogP contribution in [0.25, 0.3) is 5.69 Å². The number of rotatable bonds is 5. The highest BCUT2D eigenvalue weighted by molar-refractivity contribution is 7.99. The second kappa shape index (κ2) is 5.77. The van der Waals surface area contributed by atoms with Gasteiger partial charge in [0.1, 0.15) is 5.75 Å². The van der Waals surface area contributed by atoms with Crippen molar-refractivity contribution in [1.29, 1.82) is 0 Å². The predicted molar refractivity (Wildman–Crippen MR) is 71.1 cm³/mol. The minimum absolute atomic E-state index is 0.864. The molecule has 90 valence electrons. The Morgan fingerprint density at radius 2 is 2.29 bits per heavy atom. The Morgan fingerprint density at radius 3 is 3.06 bits per heavy atom. The highest BCUT2D eigenvalue weighted by Crippen LogP contribution is 2.23. The molecule has 17 heavy (non-hydrogen) atoms. The van der Waals surface area contributed by atoms with Crippen LogP contribution in [0.15, 0.2) is 41.8 Å². The standard InChI is InChI=1S/C13H16N2OS/c1-3-9-17-13-14-7-8-15(13)11-5-4-6-12(10-11)16-2/h4-8,10H,3,9H2,1-2H3. The molecule has 0 saturated heterocycles. The molecule has 1 aromatic carbocycles. The van der Waals surface area contributed by atoms with Crippen molar-refractivity contribution >= 4 is 11.8 Å². The molecule has 1 aromatic heterocycles. The lowest BCUT2D eigenvalue weighted by atomic mass is 10.3. The van der Waals surface area contributed by atoms with Crippen molar-refractivity contribution in [3.05, 3.63) is 36.7 Å². The second-order valence-electron chi connectivity index (χ2n) is 3.63. The van der Waals surface area contributed by atoms with Crippen LogP contribution in [-0.2, 0) is 0 Å². The molecule has 0 N–H and O–H groups in total. The smallest absolute Gasteiger partial charge is 0.172 e. The number of aromatic nitrogens is 2. The molecule has 0 aliphatic carbocycles. The number of thioether (sulfide) groups is 1. The van der Waals surface area contributed by atoms with Crippen LogP contribution in [-0.4, -0.2) is 22.4 Å². The first-order valence-corrected chi connectivity index (χ1v) is 6.64. The van der Waals surface area contributed by atoms with Gasteiger partial charge in [-0.25, -0.2) is 4.98 Å². The van der Waals surface area contributed by atoms with Crippen LogP contribution in [0.5, 0.6) is 5.75 Å². The maximum Gasteiger partial charge on any atom is 0.172 e. The van der Waals surface area contributed by atoms with Gasteiger partial charge in [0.05, 0.1) is 12.8 Å². The molecule has 0 fully saturated rings. The lowest BCUT2D eigenvalue weighted by molar-refractivity contribution is 0.414. The maximum atomic E-state index is 5.23. The van der Waals surface area contributed by atoms with Crippen LogP contribution in [0.4, 0.5) is 0 Å². The van der Waals surface area contributed by atoms with E-state index in [1.807, 2.05) is 30.6 Å². The number of methoxy groups -OCH3 is 1. The molecule has 0 aliphatic rings. The third-order valence-corrected chi connectivity index (χ3v) is 3.55. The summed E-state index contributed by atoms with van der Waals surface area (Å²) in [6.07, 6.45) is 4.96. The van der Waals surface area contributed by atoms with E-state index in [4.69, 9.17) is 4.74 Å². The number of benzene rings is 1. The number of hydrogen-bond acceptors (Lipinski definition) is 3. The third-order valence-electron chi connectivity index (χ3n) is 2.37. The van der Waals surface area contributed by atoms with Crippen molar-refractivity contribution in [1.82, 2.24) is 9.55 Å². The quantitative estimate of drug-likeness (QED) is 0.759. The van der Waals surface area contributed by atoms with Crippen molar-refractivity contribution in [3.63, 3.8) is 0 Å². The van der Waals surface area contributed by atoms with Crippen molar-refractivity contribution in [2.24, 2.45) is 0 Å². The first-order valence-electron chi connectivity index (χ1n) is 5.65. The fourth-order valence-corrected chi connectivity index (χ4v) is 2.37. The van der Waals surface area contributed by atoms with Crippen molar-refractivity contribution in [2.75, 3.05) is 12.9 Å². The van der Waals surface area contributed by atoms with E-state index in [2.05, 4.69) is 22.5 Å². The topological polar surface area (TPSA) is 27.1 Å². The van der Waals surface area contributed by atoms with E-state index in [1.54, 1.807) is 18.9 Å². The van der Waals surface area contributed by atoms with Gasteiger partial charge in [-0.15, -0.1) is 0 Å². The summed E-state index contributed by atoms with van der Waals surface area (Å²) in [7, 11) is 1.68. The summed E-state index contributed by atoms with van der Waals surface area (Å²) >= 11 is 1.77. The van der Waals surface area contributed by atoms with Crippen molar-refractivity contribution in [3.8, 4) is 11.4 Å². The zero-order chi connectivity index (χ0) is 12.1. The Kier molecular flexibility index (Phi) is 4.09. The van der Waals surface area contributed by atoms with Gasteiger partial charge in [-0.05, 0) is 18.6 Å². The van der Waals surface area contributed by atoms with E-state index in [9.17, 15) is 0 Å². The van der Waals surface area contributed by atoms with Gasteiger partial charge in [0.25, 0.3) is 0 Å². The van der Waals surface area contributed by atoms with Crippen LogP contribution in [0.2, 0.25) is 0 Å². The van der Waals surface area contributed by atoms with E-state index in [1.165, 1.54) is 0 Å². The highest BCUT2D eigenvalue weighted by Gasteiger charge is 2.05. The number of nitrogens with zero attached hydrogens (tertiary/aromatic N) is 2. The van der Waals surface area contributed by atoms with Gasteiger partial charge < -0.3 is 4.74 Å². The van der Waals surface area contributed by atoms with Gasteiger partial charge >= 0.3 is 0 Å². The summed E-state index contributed by atoms with van der Waals surface area (Å²) in [5.41, 5.74) is 1.08. The molecule has 4 heteroatoms.